The zero-order valence-electron chi connectivity index (χ0n) is 15.1. The molecule has 29 heavy (non-hydrogen) atoms. The lowest BCUT2D eigenvalue weighted by Crippen LogP contribution is -2.31. The van der Waals surface area contributed by atoms with Gasteiger partial charge in [0.05, 0.1) is 22.2 Å². The standard InChI is InChI=1S/C20H16ClN3O3S2/c21-12-5-6-16(13(9-12)20(22)26)27-11-19(25)24-15(18-4-2-8-29-18)10-14(23-24)17-3-1-7-28-17/h1-9,15H,10-11H2,(H2,22,26)/t15-/m1/s1. The number of nitrogens with zero attached hydrogens (tertiary/aromatic N) is 2. The minimum absolute atomic E-state index is 0.129. The largest absolute Gasteiger partial charge is 0.483 e. The zero-order valence-corrected chi connectivity index (χ0v) is 17.5. The van der Waals surface area contributed by atoms with Gasteiger partial charge in [0.2, 0.25) is 0 Å². The van der Waals surface area contributed by atoms with Gasteiger partial charge in [0.15, 0.2) is 6.61 Å². The van der Waals surface area contributed by atoms with Gasteiger partial charge in [-0.1, -0.05) is 23.7 Å². The molecule has 3 heterocycles. The summed E-state index contributed by atoms with van der Waals surface area (Å²) in [5.41, 5.74) is 6.38. The SMILES string of the molecule is NC(=O)c1cc(Cl)ccc1OCC(=O)N1N=C(c2cccs2)C[C@@H]1c1cccs1. The molecule has 6 nitrogen and oxygen atoms in total. The first-order valence-corrected chi connectivity index (χ1v) is 10.9. The summed E-state index contributed by atoms with van der Waals surface area (Å²) < 4.78 is 5.61. The molecular formula is C20H16ClN3O3S2. The van der Waals surface area contributed by atoms with Crippen LogP contribution < -0.4 is 10.5 Å². The summed E-state index contributed by atoms with van der Waals surface area (Å²) >= 11 is 9.09. The van der Waals surface area contributed by atoms with Crippen LogP contribution in [0.25, 0.3) is 0 Å². The third-order valence-electron chi connectivity index (χ3n) is 4.40. The van der Waals surface area contributed by atoms with E-state index in [4.69, 9.17) is 22.1 Å². The number of carbonyl (C=O) groups is 2. The minimum atomic E-state index is -0.675. The molecular weight excluding hydrogens is 430 g/mol. The van der Waals surface area contributed by atoms with Crippen molar-refractivity contribution in [2.45, 2.75) is 12.5 Å². The number of rotatable bonds is 6. The van der Waals surface area contributed by atoms with Gasteiger partial charge in [0, 0.05) is 16.3 Å². The lowest BCUT2D eigenvalue weighted by atomic mass is 10.1. The highest BCUT2D eigenvalue weighted by atomic mass is 35.5. The molecule has 0 unspecified atom stereocenters. The number of carbonyl (C=O) groups excluding carboxylic acids is 2. The second-order valence-electron chi connectivity index (χ2n) is 6.29. The van der Waals surface area contributed by atoms with E-state index in [9.17, 15) is 9.59 Å². The average molecular weight is 446 g/mol. The molecule has 2 amide bonds. The fourth-order valence-corrected chi connectivity index (χ4v) is 4.77. The quantitative estimate of drug-likeness (QED) is 0.613. The molecule has 1 aromatic carbocycles. The Balaban J connectivity index is 1.55. The minimum Gasteiger partial charge on any atom is -0.483 e. The second-order valence-corrected chi connectivity index (χ2v) is 8.65. The van der Waals surface area contributed by atoms with Crippen molar-refractivity contribution in [2.75, 3.05) is 6.61 Å². The Labute approximate surface area is 180 Å². The van der Waals surface area contributed by atoms with Crippen molar-refractivity contribution in [3.63, 3.8) is 0 Å². The molecule has 2 N–H and O–H groups in total. The first kappa shape index (κ1) is 19.6. The van der Waals surface area contributed by atoms with Gasteiger partial charge in [-0.2, -0.15) is 5.10 Å². The molecule has 0 saturated carbocycles. The predicted octanol–water partition coefficient (Wildman–Crippen LogP) is 4.32. The molecule has 4 rings (SSSR count). The Hall–Kier alpha value is -2.68. The molecule has 0 radical (unpaired) electrons. The highest BCUT2D eigenvalue weighted by molar-refractivity contribution is 7.12. The summed E-state index contributed by atoms with van der Waals surface area (Å²) in [7, 11) is 0. The van der Waals surface area contributed by atoms with E-state index in [1.54, 1.807) is 28.7 Å². The van der Waals surface area contributed by atoms with Gasteiger partial charge in [-0.3, -0.25) is 9.59 Å². The van der Waals surface area contributed by atoms with Crippen molar-refractivity contribution >= 4 is 51.8 Å². The first-order valence-electron chi connectivity index (χ1n) is 8.72. The van der Waals surface area contributed by atoms with Gasteiger partial charge < -0.3 is 10.5 Å². The smallest absolute Gasteiger partial charge is 0.281 e. The Bertz CT molecular complexity index is 1060. The third-order valence-corrected chi connectivity index (χ3v) is 6.53. The summed E-state index contributed by atoms with van der Waals surface area (Å²) in [4.78, 5) is 26.7. The van der Waals surface area contributed by atoms with Gasteiger partial charge in [-0.25, -0.2) is 5.01 Å². The maximum atomic E-state index is 12.9. The number of primary amides is 1. The maximum Gasteiger partial charge on any atom is 0.281 e. The van der Waals surface area contributed by atoms with Crippen LogP contribution in [0.5, 0.6) is 5.75 Å². The Kier molecular flexibility index (Phi) is 5.66. The van der Waals surface area contributed by atoms with Crippen molar-refractivity contribution in [1.82, 2.24) is 5.01 Å². The number of amides is 2. The summed E-state index contributed by atoms with van der Waals surface area (Å²) in [6, 6.07) is 12.2. The molecule has 0 saturated heterocycles. The van der Waals surface area contributed by atoms with Crippen molar-refractivity contribution in [1.29, 1.82) is 0 Å². The summed E-state index contributed by atoms with van der Waals surface area (Å²) in [6.45, 7) is -0.273. The van der Waals surface area contributed by atoms with E-state index in [0.717, 1.165) is 15.5 Å². The zero-order chi connectivity index (χ0) is 20.4. The van der Waals surface area contributed by atoms with Gasteiger partial charge >= 0.3 is 0 Å². The molecule has 0 bridgehead atoms. The molecule has 2 aromatic heterocycles. The molecule has 1 aliphatic heterocycles. The lowest BCUT2D eigenvalue weighted by Gasteiger charge is -2.21. The number of ether oxygens (including phenoxy) is 1. The monoisotopic (exact) mass is 445 g/mol. The number of nitrogens with two attached hydrogens (primary N) is 1. The van der Waals surface area contributed by atoms with Crippen LogP contribution in [0.1, 0.15) is 32.6 Å². The van der Waals surface area contributed by atoms with E-state index in [0.29, 0.717) is 11.4 Å². The van der Waals surface area contributed by atoms with Gasteiger partial charge in [0.1, 0.15) is 5.75 Å². The van der Waals surface area contributed by atoms with Crippen LogP contribution in [-0.2, 0) is 4.79 Å². The van der Waals surface area contributed by atoms with Crippen LogP contribution in [0.15, 0.2) is 58.3 Å². The number of benzene rings is 1. The average Bonchev–Trinajstić information content (AvgIpc) is 3.47. The predicted molar refractivity (Wildman–Crippen MR) is 115 cm³/mol. The van der Waals surface area contributed by atoms with Crippen LogP contribution in [0.2, 0.25) is 5.02 Å². The fourth-order valence-electron chi connectivity index (χ4n) is 3.06. The third kappa shape index (κ3) is 4.19. The van der Waals surface area contributed by atoms with E-state index in [1.807, 2.05) is 35.0 Å². The van der Waals surface area contributed by atoms with Crippen LogP contribution >= 0.6 is 34.3 Å². The molecule has 0 spiro atoms. The highest BCUT2D eigenvalue weighted by Gasteiger charge is 2.34. The Morgan fingerprint density at radius 1 is 1.21 bits per heavy atom. The van der Waals surface area contributed by atoms with Gasteiger partial charge in [-0.05, 0) is 41.1 Å². The topological polar surface area (TPSA) is 85.0 Å². The second kappa shape index (κ2) is 8.36. The Morgan fingerprint density at radius 2 is 2.00 bits per heavy atom. The number of hydrogen-bond acceptors (Lipinski definition) is 6. The van der Waals surface area contributed by atoms with E-state index < -0.39 is 5.91 Å². The molecule has 148 valence electrons. The molecule has 1 atom stereocenters. The number of hydrazone groups is 1. The molecule has 3 aromatic rings. The van der Waals surface area contributed by atoms with Gasteiger partial charge in [0.25, 0.3) is 11.8 Å². The van der Waals surface area contributed by atoms with Crippen LogP contribution in [-0.4, -0.2) is 29.1 Å². The van der Waals surface area contributed by atoms with Crippen molar-refractivity contribution < 1.29 is 14.3 Å². The molecule has 9 heteroatoms. The summed E-state index contributed by atoms with van der Waals surface area (Å²) in [5, 5.41) is 10.4. The van der Waals surface area contributed by atoms with Crippen molar-refractivity contribution in [3.8, 4) is 5.75 Å². The summed E-state index contributed by atoms with van der Waals surface area (Å²) in [5.74, 6) is -0.768. The molecule has 0 fully saturated rings. The molecule has 1 aliphatic rings. The fraction of sp³-hybridized carbons (Fsp3) is 0.150. The summed E-state index contributed by atoms with van der Waals surface area (Å²) in [6.07, 6.45) is 0.639. The van der Waals surface area contributed by atoms with Crippen molar-refractivity contribution in [3.05, 3.63) is 73.6 Å². The van der Waals surface area contributed by atoms with E-state index >= 15 is 0 Å². The number of thiophene rings is 2. The molecule has 0 aliphatic carbocycles. The Morgan fingerprint density at radius 3 is 2.69 bits per heavy atom. The van der Waals surface area contributed by atoms with E-state index in [-0.39, 0.29) is 29.9 Å². The van der Waals surface area contributed by atoms with Crippen LogP contribution in [0.4, 0.5) is 0 Å². The maximum absolute atomic E-state index is 12.9. The van der Waals surface area contributed by atoms with Crippen LogP contribution in [0, 0.1) is 0 Å². The number of halogens is 1. The van der Waals surface area contributed by atoms with E-state index in [1.165, 1.54) is 17.1 Å². The number of hydrogen-bond donors (Lipinski definition) is 1. The van der Waals surface area contributed by atoms with Crippen molar-refractivity contribution in [2.24, 2.45) is 10.8 Å². The normalized spacial score (nSPS) is 16.0. The van der Waals surface area contributed by atoms with Crippen LogP contribution in [0.3, 0.4) is 0 Å². The lowest BCUT2D eigenvalue weighted by molar-refractivity contribution is -0.135. The van der Waals surface area contributed by atoms with Gasteiger partial charge in [-0.15, -0.1) is 22.7 Å². The highest BCUT2D eigenvalue weighted by Crippen LogP contribution is 2.36. The first-order chi connectivity index (χ1) is 14.0. The van der Waals surface area contributed by atoms with E-state index in [2.05, 4.69) is 5.10 Å².